The van der Waals surface area contributed by atoms with Gasteiger partial charge in [-0.3, -0.25) is 0 Å². The Morgan fingerprint density at radius 1 is 0.933 bits per heavy atom. The number of hydrogen-bond donors (Lipinski definition) is 4. The van der Waals surface area contributed by atoms with Gasteiger partial charge in [-0.1, -0.05) is 30.3 Å². The molecule has 1 fully saturated rings. The van der Waals surface area contributed by atoms with E-state index in [9.17, 15) is 20.4 Å². The van der Waals surface area contributed by atoms with Gasteiger partial charge in [0.05, 0.1) is 11.8 Å². The monoisotopic (exact) mass is 410 g/mol. The highest BCUT2D eigenvalue weighted by Crippen LogP contribution is 2.31. The number of nitrogens with zero attached hydrogens (tertiary/aromatic N) is 2. The number of para-hydroxylation sites is 1. The first-order chi connectivity index (χ1) is 14.6. The number of aliphatic hydroxyl groups is 4. The second-order valence-corrected chi connectivity index (χ2v) is 7.71. The van der Waals surface area contributed by atoms with Gasteiger partial charge in [0, 0.05) is 31.3 Å². The van der Waals surface area contributed by atoms with Gasteiger partial charge in [-0.2, -0.15) is 5.10 Å². The number of ether oxygens (including phenoxy) is 1. The predicted molar refractivity (Wildman–Crippen MR) is 110 cm³/mol. The van der Waals surface area contributed by atoms with E-state index in [-0.39, 0.29) is 13.0 Å². The predicted octanol–water partition coefficient (Wildman–Crippen LogP) is 1.31. The molecule has 0 saturated heterocycles. The van der Waals surface area contributed by atoms with Crippen LogP contribution in [0.15, 0.2) is 67.0 Å². The van der Waals surface area contributed by atoms with Gasteiger partial charge in [0.1, 0.15) is 24.1 Å². The molecular weight excluding hydrogens is 384 g/mol. The SMILES string of the molecule is OC[C@H]1C[C@@H](Oc2ccccc2Cc2ccc(-n3cccn3)cc2)[C@H](O)[C@@H](O)[C@@H]1O. The summed E-state index contributed by atoms with van der Waals surface area (Å²) in [4.78, 5) is 0. The molecule has 0 bridgehead atoms. The first-order valence-corrected chi connectivity index (χ1v) is 10.1. The van der Waals surface area contributed by atoms with E-state index in [4.69, 9.17) is 4.74 Å². The Bertz CT molecular complexity index is 942. The largest absolute Gasteiger partial charge is 0.487 e. The van der Waals surface area contributed by atoms with E-state index in [0.717, 1.165) is 16.8 Å². The molecular formula is C23H26N2O5. The smallest absolute Gasteiger partial charge is 0.128 e. The van der Waals surface area contributed by atoms with Crippen LogP contribution in [0.3, 0.4) is 0 Å². The fraction of sp³-hybridized carbons (Fsp3) is 0.348. The molecule has 4 N–H and O–H groups in total. The van der Waals surface area contributed by atoms with Crippen LogP contribution in [0.1, 0.15) is 17.5 Å². The van der Waals surface area contributed by atoms with E-state index >= 15 is 0 Å². The van der Waals surface area contributed by atoms with Gasteiger partial charge in [-0.05, 0) is 41.8 Å². The molecule has 1 saturated carbocycles. The van der Waals surface area contributed by atoms with Crippen LogP contribution in [-0.2, 0) is 6.42 Å². The Balaban J connectivity index is 1.50. The average Bonchev–Trinajstić information content (AvgIpc) is 3.31. The Hall–Kier alpha value is -2.71. The molecule has 7 heteroatoms. The first kappa shape index (κ1) is 20.6. The summed E-state index contributed by atoms with van der Waals surface area (Å²) in [7, 11) is 0. The Labute approximate surface area is 174 Å². The van der Waals surface area contributed by atoms with Gasteiger partial charge in [0.25, 0.3) is 0 Å². The summed E-state index contributed by atoms with van der Waals surface area (Å²) in [5.74, 6) is 0.0633. The van der Waals surface area contributed by atoms with Crippen molar-refractivity contribution in [3.05, 3.63) is 78.1 Å². The van der Waals surface area contributed by atoms with Gasteiger partial charge in [0.2, 0.25) is 0 Å². The summed E-state index contributed by atoms with van der Waals surface area (Å²) in [5.41, 5.74) is 3.01. The highest BCUT2D eigenvalue weighted by Gasteiger charge is 2.43. The minimum atomic E-state index is -1.36. The summed E-state index contributed by atoms with van der Waals surface area (Å²) in [5, 5.41) is 44.2. The van der Waals surface area contributed by atoms with Crippen LogP contribution < -0.4 is 4.74 Å². The van der Waals surface area contributed by atoms with Crippen molar-refractivity contribution >= 4 is 0 Å². The van der Waals surface area contributed by atoms with Crippen molar-refractivity contribution in [2.45, 2.75) is 37.3 Å². The van der Waals surface area contributed by atoms with Crippen molar-refractivity contribution in [1.82, 2.24) is 9.78 Å². The van der Waals surface area contributed by atoms with E-state index < -0.39 is 30.3 Å². The standard InChI is InChI=1S/C23H26N2O5/c26-14-17-13-20(22(28)23(29)21(17)27)30-19-5-2-1-4-16(19)12-15-6-8-18(9-7-15)25-11-3-10-24-25/h1-11,17,20-23,26-29H,12-14H2/t17-,20-,21-,22+,23+/m1/s1. The van der Waals surface area contributed by atoms with Gasteiger partial charge in [-0.15, -0.1) is 0 Å². The molecule has 1 aliphatic rings. The fourth-order valence-electron chi connectivity index (χ4n) is 3.91. The van der Waals surface area contributed by atoms with Crippen molar-refractivity contribution in [3.8, 4) is 11.4 Å². The summed E-state index contributed by atoms with van der Waals surface area (Å²) in [6, 6.07) is 17.5. The van der Waals surface area contributed by atoms with Gasteiger partial charge >= 0.3 is 0 Å². The lowest BCUT2D eigenvalue weighted by Gasteiger charge is -2.39. The third-order valence-corrected chi connectivity index (χ3v) is 5.68. The number of aromatic nitrogens is 2. The molecule has 0 radical (unpaired) electrons. The zero-order valence-corrected chi connectivity index (χ0v) is 16.5. The Kier molecular flexibility index (Phi) is 6.15. The van der Waals surface area contributed by atoms with Crippen molar-refractivity contribution in [3.63, 3.8) is 0 Å². The molecule has 30 heavy (non-hydrogen) atoms. The van der Waals surface area contributed by atoms with Gasteiger partial charge in [-0.25, -0.2) is 4.68 Å². The number of aliphatic hydroxyl groups excluding tert-OH is 4. The first-order valence-electron chi connectivity index (χ1n) is 10.1. The van der Waals surface area contributed by atoms with Crippen LogP contribution in [-0.4, -0.2) is 61.2 Å². The molecule has 158 valence electrons. The van der Waals surface area contributed by atoms with Crippen molar-refractivity contribution in [2.24, 2.45) is 5.92 Å². The topological polar surface area (TPSA) is 108 Å². The van der Waals surface area contributed by atoms with Gasteiger partial charge in [0.15, 0.2) is 0 Å². The Morgan fingerprint density at radius 2 is 1.70 bits per heavy atom. The molecule has 0 unspecified atom stereocenters. The molecule has 1 aliphatic carbocycles. The van der Waals surface area contributed by atoms with Crippen LogP contribution in [0.25, 0.3) is 5.69 Å². The molecule has 7 nitrogen and oxygen atoms in total. The minimum absolute atomic E-state index is 0.253. The van der Waals surface area contributed by atoms with E-state index in [1.165, 1.54) is 0 Å². The molecule has 0 aliphatic heterocycles. The van der Waals surface area contributed by atoms with Gasteiger partial charge < -0.3 is 25.2 Å². The van der Waals surface area contributed by atoms with E-state index in [0.29, 0.717) is 12.2 Å². The van der Waals surface area contributed by atoms with Crippen LogP contribution in [0.4, 0.5) is 0 Å². The number of hydrogen-bond acceptors (Lipinski definition) is 6. The molecule has 0 amide bonds. The number of benzene rings is 2. The lowest BCUT2D eigenvalue weighted by Crippen LogP contribution is -2.56. The maximum atomic E-state index is 10.4. The van der Waals surface area contributed by atoms with Crippen molar-refractivity contribution < 1.29 is 25.2 Å². The number of rotatable bonds is 6. The second kappa shape index (κ2) is 8.97. The molecule has 4 rings (SSSR count). The average molecular weight is 410 g/mol. The highest BCUT2D eigenvalue weighted by atomic mass is 16.5. The highest BCUT2D eigenvalue weighted by molar-refractivity contribution is 5.40. The molecule has 1 aromatic heterocycles. The molecule has 2 aromatic carbocycles. The molecule has 3 aromatic rings. The second-order valence-electron chi connectivity index (χ2n) is 7.71. The lowest BCUT2D eigenvalue weighted by molar-refractivity contribution is -0.157. The third-order valence-electron chi connectivity index (χ3n) is 5.68. The molecule has 1 heterocycles. The maximum Gasteiger partial charge on any atom is 0.128 e. The summed E-state index contributed by atoms with van der Waals surface area (Å²) in [6.45, 7) is -0.283. The maximum absolute atomic E-state index is 10.4. The van der Waals surface area contributed by atoms with E-state index in [2.05, 4.69) is 5.10 Å². The van der Waals surface area contributed by atoms with Crippen LogP contribution in [0.2, 0.25) is 0 Å². The van der Waals surface area contributed by atoms with E-state index in [1.807, 2.05) is 60.8 Å². The van der Waals surface area contributed by atoms with Crippen molar-refractivity contribution in [1.29, 1.82) is 0 Å². The van der Waals surface area contributed by atoms with Crippen LogP contribution >= 0.6 is 0 Å². The van der Waals surface area contributed by atoms with E-state index in [1.54, 1.807) is 10.9 Å². The lowest BCUT2D eigenvalue weighted by atomic mass is 9.81. The zero-order chi connectivity index (χ0) is 21.1. The van der Waals surface area contributed by atoms with Crippen LogP contribution in [0, 0.1) is 5.92 Å². The summed E-state index contributed by atoms with van der Waals surface area (Å²) >= 11 is 0. The fourth-order valence-corrected chi connectivity index (χ4v) is 3.91. The normalized spacial score (nSPS) is 26.5. The zero-order valence-electron chi connectivity index (χ0n) is 16.5. The summed E-state index contributed by atoms with van der Waals surface area (Å²) in [6.07, 6.45) is 0.0248. The van der Waals surface area contributed by atoms with Crippen molar-refractivity contribution in [2.75, 3.05) is 6.61 Å². The molecule has 0 spiro atoms. The molecule has 5 atom stereocenters. The minimum Gasteiger partial charge on any atom is -0.487 e. The van der Waals surface area contributed by atoms with Crippen LogP contribution in [0.5, 0.6) is 5.75 Å². The Morgan fingerprint density at radius 3 is 2.40 bits per heavy atom. The summed E-state index contributed by atoms with van der Waals surface area (Å²) < 4.78 is 7.85. The quantitative estimate of drug-likeness (QED) is 0.488. The third kappa shape index (κ3) is 4.24.